The number of nitrogens with zero attached hydrogens (tertiary/aromatic N) is 2. The van der Waals surface area contributed by atoms with Crippen molar-refractivity contribution in [1.29, 1.82) is 0 Å². The molecule has 0 atom stereocenters. The first kappa shape index (κ1) is 14.1. The molecule has 104 valence electrons. The molecule has 1 N–H and O–H groups in total. The Hall–Kier alpha value is -2.32. The summed E-state index contributed by atoms with van der Waals surface area (Å²) in [6, 6.07) is 6.08. The molecule has 1 heterocycles. The maximum absolute atomic E-state index is 13.2. The van der Waals surface area contributed by atoms with Crippen LogP contribution in [-0.4, -0.2) is 28.1 Å². The summed E-state index contributed by atoms with van der Waals surface area (Å²) in [6.45, 7) is 0.171. The van der Waals surface area contributed by atoms with Gasteiger partial charge in [0.25, 0.3) is 0 Å². The molecule has 0 radical (unpaired) electrons. The first-order valence-corrected chi connectivity index (χ1v) is 6.19. The second-order valence-electron chi connectivity index (χ2n) is 4.14. The lowest BCUT2D eigenvalue weighted by Gasteiger charge is -2.08. The fourth-order valence-electron chi connectivity index (χ4n) is 1.77. The molecule has 5 heteroatoms. The van der Waals surface area contributed by atoms with Crippen molar-refractivity contribution in [3.05, 3.63) is 47.5 Å². The van der Waals surface area contributed by atoms with E-state index in [2.05, 4.69) is 16.9 Å². The number of rotatable bonds is 4. The summed E-state index contributed by atoms with van der Waals surface area (Å²) in [5.74, 6) is 5.29. The Kier molecular flexibility index (Phi) is 4.75. The van der Waals surface area contributed by atoms with E-state index in [9.17, 15) is 4.39 Å². The van der Waals surface area contributed by atoms with E-state index in [0.29, 0.717) is 24.3 Å². The summed E-state index contributed by atoms with van der Waals surface area (Å²) >= 11 is 0. The van der Waals surface area contributed by atoms with Gasteiger partial charge in [-0.25, -0.2) is 4.39 Å². The van der Waals surface area contributed by atoms with Crippen molar-refractivity contribution in [2.75, 3.05) is 13.2 Å². The fraction of sp³-hybridized carbons (Fsp3) is 0.267. The van der Waals surface area contributed by atoms with Crippen LogP contribution in [-0.2, 0) is 13.5 Å². The first-order valence-electron chi connectivity index (χ1n) is 6.19. The van der Waals surface area contributed by atoms with Gasteiger partial charge in [-0.1, -0.05) is 11.8 Å². The van der Waals surface area contributed by atoms with Gasteiger partial charge in [-0.2, -0.15) is 5.10 Å². The molecule has 0 saturated carbocycles. The average Bonchev–Trinajstić information content (AvgIpc) is 2.84. The van der Waals surface area contributed by atoms with Crippen LogP contribution in [0.25, 0.3) is 0 Å². The number of ether oxygens (including phenoxy) is 1. The van der Waals surface area contributed by atoms with Gasteiger partial charge >= 0.3 is 0 Å². The quantitative estimate of drug-likeness (QED) is 0.860. The maximum Gasteiger partial charge on any atom is 0.135 e. The van der Waals surface area contributed by atoms with Crippen LogP contribution in [0, 0.1) is 17.7 Å². The molecule has 4 nitrogen and oxygen atoms in total. The number of aryl methyl sites for hydroxylation is 1. The molecular formula is C15H15FN2O2. The monoisotopic (exact) mass is 274 g/mol. The highest BCUT2D eigenvalue weighted by atomic mass is 19.1. The molecule has 0 bridgehead atoms. The number of aliphatic hydroxyl groups is 1. The Morgan fingerprint density at radius 2 is 2.25 bits per heavy atom. The molecule has 0 fully saturated rings. The van der Waals surface area contributed by atoms with E-state index in [0.717, 1.165) is 5.69 Å². The maximum atomic E-state index is 13.2. The van der Waals surface area contributed by atoms with Crippen LogP contribution in [0.15, 0.2) is 30.5 Å². The molecule has 0 amide bonds. The van der Waals surface area contributed by atoms with Crippen molar-refractivity contribution in [3.63, 3.8) is 0 Å². The third-order valence-electron chi connectivity index (χ3n) is 2.78. The molecule has 0 spiro atoms. The van der Waals surface area contributed by atoms with Crippen LogP contribution in [0.2, 0.25) is 0 Å². The number of benzene rings is 1. The van der Waals surface area contributed by atoms with Crippen molar-refractivity contribution in [3.8, 4) is 17.6 Å². The highest BCUT2D eigenvalue weighted by Gasteiger charge is 2.04. The van der Waals surface area contributed by atoms with Crippen molar-refractivity contribution in [1.82, 2.24) is 9.78 Å². The number of halogens is 1. The zero-order valence-corrected chi connectivity index (χ0v) is 11.1. The summed E-state index contributed by atoms with van der Waals surface area (Å²) in [5.41, 5.74) is 1.49. The van der Waals surface area contributed by atoms with E-state index in [1.807, 2.05) is 13.1 Å². The summed E-state index contributed by atoms with van der Waals surface area (Å²) in [7, 11) is 1.87. The highest BCUT2D eigenvalue weighted by Crippen LogP contribution is 2.19. The average molecular weight is 274 g/mol. The minimum Gasteiger partial charge on any atom is -0.492 e. The van der Waals surface area contributed by atoms with Crippen LogP contribution >= 0.6 is 0 Å². The van der Waals surface area contributed by atoms with Crippen molar-refractivity contribution in [2.45, 2.75) is 6.42 Å². The molecule has 0 unspecified atom stereocenters. The van der Waals surface area contributed by atoms with Crippen molar-refractivity contribution >= 4 is 0 Å². The Bertz CT molecular complexity index is 641. The van der Waals surface area contributed by atoms with Gasteiger partial charge in [-0.05, 0) is 24.3 Å². The van der Waals surface area contributed by atoms with Crippen molar-refractivity contribution < 1.29 is 14.2 Å². The molecule has 0 saturated heterocycles. The normalized spacial score (nSPS) is 9.95. The molecule has 20 heavy (non-hydrogen) atoms. The summed E-state index contributed by atoms with van der Waals surface area (Å²) in [6.07, 6.45) is 2.42. The second-order valence-corrected chi connectivity index (χ2v) is 4.14. The largest absolute Gasteiger partial charge is 0.492 e. The number of hydrogen-bond donors (Lipinski definition) is 1. The van der Waals surface area contributed by atoms with Gasteiger partial charge in [0, 0.05) is 25.4 Å². The van der Waals surface area contributed by atoms with Crippen LogP contribution in [0.4, 0.5) is 4.39 Å². The Morgan fingerprint density at radius 1 is 1.40 bits per heavy atom. The third-order valence-corrected chi connectivity index (χ3v) is 2.78. The molecule has 2 aromatic rings. The molecule has 0 aliphatic carbocycles. The SMILES string of the molecule is Cn1nccc1CCOc1ccc(F)cc1C#CCO. The molecular weight excluding hydrogens is 259 g/mol. The Balaban J connectivity index is 2.03. The summed E-state index contributed by atoms with van der Waals surface area (Å²) < 4.78 is 20.6. The molecule has 0 aliphatic heterocycles. The van der Waals surface area contributed by atoms with E-state index >= 15 is 0 Å². The number of hydrogen-bond acceptors (Lipinski definition) is 3. The lowest BCUT2D eigenvalue weighted by atomic mass is 10.2. The summed E-state index contributed by atoms with van der Waals surface area (Å²) in [5, 5.41) is 12.8. The van der Waals surface area contributed by atoms with Gasteiger partial charge in [0.1, 0.15) is 18.2 Å². The molecule has 1 aromatic heterocycles. The van der Waals surface area contributed by atoms with Crippen LogP contribution < -0.4 is 4.74 Å². The number of aliphatic hydroxyl groups excluding tert-OH is 1. The van der Waals surface area contributed by atoms with E-state index in [4.69, 9.17) is 9.84 Å². The second kappa shape index (κ2) is 6.73. The fourth-order valence-corrected chi connectivity index (χ4v) is 1.77. The number of aromatic nitrogens is 2. The van der Waals surface area contributed by atoms with E-state index in [1.165, 1.54) is 12.1 Å². The van der Waals surface area contributed by atoms with Gasteiger partial charge in [-0.3, -0.25) is 4.68 Å². The Morgan fingerprint density at radius 3 is 2.95 bits per heavy atom. The van der Waals surface area contributed by atoms with E-state index < -0.39 is 0 Å². The molecule has 2 rings (SSSR count). The minimum atomic E-state index is -0.383. The topological polar surface area (TPSA) is 47.3 Å². The smallest absolute Gasteiger partial charge is 0.135 e. The van der Waals surface area contributed by atoms with Gasteiger partial charge in [0.2, 0.25) is 0 Å². The van der Waals surface area contributed by atoms with Gasteiger partial charge in [0.15, 0.2) is 0 Å². The predicted molar refractivity (Wildman–Crippen MR) is 72.8 cm³/mol. The zero-order valence-electron chi connectivity index (χ0n) is 11.1. The molecule has 0 aliphatic rings. The standard InChI is InChI=1S/C15H15FN2O2/c1-18-14(6-8-17-18)7-10-20-15-5-4-13(16)11-12(15)3-2-9-19/h4-6,8,11,19H,7,9-10H2,1H3. The van der Waals surface area contributed by atoms with Gasteiger partial charge in [-0.15, -0.1) is 0 Å². The Labute approximate surface area is 116 Å². The predicted octanol–water partition coefficient (Wildman–Crippen LogP) is 1.52. The lowest BCUT2D eigenvalue weighted by Crippen LogP contribution is -2.06. The van der Waals surface area contributed by atoms with Crippen LogP contribution in [0.1, 0.15) is 11.3 Å². The molecule has 1 aromatic carbocycles. The van der Waals surface area contributed by atoms with E-state index in [1.54, 1.807) is 16.9 Å². The van der Waals surface area contributed by atoms with Gasteiger partial charge in [0.05, 0.1) is 12.2 Å². The first-order chi connectivity index (χ1) is 9.70. The van der Waals surface area contributed by atoms with Crippen molar-refractivity contribution in [2.24, 2.45) is 7.05 Å². The minimum absolute atomic E-state index is 0.273. The van der Waals surface area contributed by atoms with E-state index in [-0.39, 0.29) is 12.4 Å². The van der Waals surface area contributed by atoms with Crippen LogP contribution in [0.5, 0.6) is 5.75 Å². The third kappa shape index (κ3) is 3.59. The highest BCUT2D eigenvalue weighted by molar-refractivity contribution is 5.46. The van der Waals surface area contributed by atoms with Crippen LogP contribution in [0.3, 0.4) is 0 Å². The van der Waals surface area contributed by atoms with Gasteiger partial charge < -0.3 is 9.84 Å². The zero-order chi connectivity index (χ0) is 14.4. The lowest BCUT2D eigenvalue weighted by molar-refractivity contribution is 0.317. The summed E-state index contributed by atoms with van der Waals surface area (Å²) in [4.78, 5) is 0.